The molecule has 0 radical (unpaired) electrons. The highest BCUT2D eigenvalue weighted by Crippen LogP contribution is 2.45. The standard InChI is InChI=1S/C36H41N5O4/c42-30(43)16-11-24-9-13-27(14-10-24)38-35(45)36(17-4-5-18-36)39-34(44)26-12-15-28-29(23-26)41-21-6-20-40-22-19-37-33(40)32(41)31(28)25-7-2-1-3-8-25/h9-10,12-15,19,22-23,25H,1-8,11,16-18,20-21H2,(H,38,45)(H,39,44)(H,42,43). The number of imidazole rings is 1. The zero-order valence-corrected chi connectivity index (χ0v) is 25.7. The largest absolute Gasteiger partial charge is 0.481 e. The van der Waals surface area contributed by atoms with Crippen LogP contribution in [0, 0.1) is 0 Å². The maximum Gasteiger partial charge on any atom is 0.303 e. The molecule has 9 nitrogen and oxygen atoms in total. The molecule has 1 aliphatic heterocycles. The average Bonchev–Trinajstić information content (AvgIpc) is 3.77. The molecule has 0 atom stereocenters. The highest BCUT2D eigenvalue weighted by atomic mass is 16.4. The second kappa shape index (κ2) is 12.2. The van der Waals surface area contributed by atoms with E-state index in [0.29, 0.717) is 36.4 Å². The molecule has 3 heterocycles. The fourth-order valence-corrected chi connectivity index (χ4v) is 7.83. The molecule has 2 saturated carbocycles. The van der Waals surface area contributed by atoms with E-state index in [1.807, 2.05) is 30.5 Å². The summed E-state index contributed by atoms with van der Waals surface area (Å²) in [4.78, 5) is 43.3. The number of carbonyl (C=O) groups excluding carboxylic acids is 2. The molecule has 9 heteroatoms. The number of rotatable bonds is 8. The summed E-state index contributed by atoms with van der Waals surface area (Å²) in [6, 6.07) is 13.3. The van der Waals surface area contributed by atoms with E-state index >= 15 is 0 Å². The van der Waals surface area contributed by atoms with Gasteiger partial charge in [-0.15, -0.1) is 0 Å². The van der Waals surface area contributed by atoms with Crippen molar-refractivity contribution in [3.63, 3.8) is 0 Å². The van der Waals surface area contributed by atoms with Gasteiger partial charge in [0.05, 0.1) is 5.69 Å². The molecule has 0 unspecified atom stereocenters. The van der Waals surface area contributed by atoms with Crippen LogP contribution in [0.2, 0.25) is 0 Å². The maximum atomic E-state index is 13.9. The summed E-state index contributed by atoms with van der Waals surface area (Å²) in [5.41, 5.74) is 4.76. The first kappa shape index (κ1) is 29.3. The summed E-state index contributed by atoms with van der Waals surface area (Å²) in [6.07, 6.45) is 14.5. The van der Waals surface area contributed by atoms with Crippen LogP contribution in [0.4, 0.5) is 5.69 Å². The lowest BCUT2D eigenvalue weighted by Gasteiger charge is -2.29. The van der Waals surface area contributed by atoms with Crippen LogP contribution in [-0.4, -0.2) is 42.5 Å². The summed E-state index contributed by atoms with van der Waals surface area (Å²) >= 11 is 0. The number of hydrogen-bond acceptors (Lipinski definition) is 4. The van der Waals surface area contributed by atoms with Gasteiger partial charge in [-0.2, -0.15) is 0 Å². The second-order valence-electron chi connectivity index (χ2n) is 13.1. The number of hydrogen-bond donors (Lipinski definition) is 3. The lowest BCUT2D eigenvalue weighted by atomic mass is 9.82. The Labute approximate surface area is 263 Å². The molecule has 3 aliphatic rings. The summed E-state index contributed by atoms with van der Waals surface area (Å²) in [5.74, 6) is 0.219. The van der Waals surface area contributed by atoms with Gasteiger partial charge in [-0.05, 0) is 79.8 Å². The third kappa shape index (κ3) is 5.64. The van der Waals surface area contributed by atoms with E-state index in [1.54, 1.807) is 12.1 Å². The van der Waals surface area contributed by atoms with Crippen molar-refractivity contribution in [3.05, 3.63) is 71.5 Å². The molecule has 2 fully saturated rings. The van der Waals surface area contributed by atoms with E-state index in [0.717, 1.165) is 49.3 Å². The monoisotopic (exact) mass is 607 g/mol. The topological polar surface area (TPSA) is 118 Å². The Morgan fingerprint density at radius 3 is 2.47 bits per heavy atom. The number of fused-ring (bicyclic) bond motifs is 5. The van der Waals surface area contributed by atoms with Crippen molar-refractivity contribution in [2.24, 2.45) is 0 Å². The first-order chi connectivity index (χ1) is 21.9. The van der Waals surface area contributed by atoms with Crippen LogP contribution in [-0.2, 0) is 29.1 Å². The maximum absolute atomic E-state index is 13.9. The van der Waals surface area contributed by atoms with Crippen LogP contribution >= 0.6 is 0 Å². The Kier molecular flexibility index (Phi) is 7.94. The molecule has 2 aromatic heterocycles. The molecule has 7 rings (SSSR count). The number of anilines is 1. The number of carboxylic acids is 1. The highest BCUT2D eigenvalue weighted by molar-refractivity contribution is 6.05. The number of aliphatic carboxylic acids is 1. The Hall–Kier alpha value is -4.40. The minimum absolute atomic E-state index is 0.0605. The molecule has 45 heavy (non-hydrogen) atoms. The normalized spacial score (nSPS) is 17.8. The van der Waals surface area contributed by atoms with Crippen molar-refractivity contribution in [2.45, 2.75) is 102 Å². The van der Waals surface area contributed by atoms with Crippen molar-refractivity contribution < 1.29 is 19.5 Å². The van der Waals surface area contributed by atoms with Crippen LogP contribution in [0.1, 0.15) is 98.0 Å². The minimum atomic E-state index is -0.984. The third-order valence-electron chi connectivity index (χ3n) is 10.2. The average molecular weight is 608 g/mol. The minimum Gasteiger partial charge on any atom is -0.481 e. The molecule has 2 aliphatic carbocycles. The molecular formula is C36H41N5O4. The van der Waals surface area contributed by atoms with Crippen LogP contribution < -0.4 is 10.6 Å². The molecule has 2 aromatic carbocycles. The van der Waals surface area contributed by atoms with Gasteiger partial charge in [0.25, 0.3) is 5.91 Å². The van der Waals surface area contributed by atoms with Crippen molar-refractivity contribution in [2.75, 3.05) is 5.32 Å². The summed E-state index contributed by atoms with van der Waals surface area (Å²) in [6.45, 7) is 1.79. The molecule has 2 amide bonds. The Balaban J connectivity index is 1.17. The lowest BCUT2D eigenvalue weighted by Crippen LogP contribution is -2.55. The van der Waals surface area contributed by atoms with E-state index < -0.39 is 11.5 Å². The van der Waals surface area contributed by atoms with Crippen LogP contribution in [0.3, 0.4) is 0 Å². The third-order valence-corrected chi connectivity index (χ3v) is 10.2. The fraction of sp³-hybridized carbons (Fsp3) is 0.444. The molecule has 0 saturated heterocycles. The number of carbonyl (C=O) groups is 3. The van der Waals surface area contributed by atoms with Gasteiger partial charge in [-0.25, -0.2) is 4.98 Å². The van der Waals surface area contributed by atoms with Gasteiger partial charge < -0.3 is 24.9 Å². The molecule has 0 spiro atoms. The van der Waals surface area contributed by atoms with E-state index in [1.165, 1.54) is 48.7 Å². The molecule has 3 N–H and O–H groups in total. The van der Waals surface area contributed by atoms with Crippen molar-refractivity contribution in [1.82, 2.24) is 19.4 Å². The van der Waals surface area contributed by atoms with Crippen molar-refractivity contribution >= 4 is 34.4 Å². The Bertz CT molecular complexity index is 1740. The van der Waals surface area contributed by atoms with Crippen molar-refractivity contribution in [3.8, 4) is 11.5 Å². The number of amides is 2. The molecule has 4 aromatic rings. The van der Waals surface area contributed by atoms with E-state index in [-0.39, 0.29) is 18.2 Å². The summed E-state index contributed by atoms with van der Waals surface area (Å²) < 4.78 is 4.66. The zero-order chi connectivity index (χ0) is 31.0. The number of aromatic nitrogens is 3. The van der Waals surface area contributed by atoms with Crippen LogP contribution in [0.5, 0.6) is 0 Å². The summed E-state index contributed by atoms with van der Waals surface area (Å²) in [7, 11) is 0. The summed E-state index contributed by atoms with van der Waals surface area (Å²) in [5, 5.41) is 16.4. The highest BCUT2D eigenvalue weighted by Gasteiger charge is 2.43. The van der Waals surface area contributed by atoms with E-state index in [2.05, 4.69) is 32.0 Å². The predicted octanol–water partition coefficient (Wildman–Crippen LogP) is 6.65. The molecule has 0 bridgehead atoms. The van der Waals surface area contributed by atoms with Gasteiger partial charge in [-0.1, -0.05) is 50.3 Å². The second-order valence-corrected chi connectivity index (χ2v) is 13.1. The van der Waals surface area contributed by atoms with Crippen molar-refractivity contribution in [1.29, 1.82) is 0 Å². The number of carboxylic acid groups (broad SMARTS) is 1. The number of aryl methyl sites for hydroxylation is 3. The van der Waals surface area contributed by atoms with Gasteiger partial charge in [-0.3, -0.25) is 14.4 Å². The van der Waals surface area contributed by atoms with Gasteiger partial charge in [0.15, 0.2) is 5.82 Å². The van der Waals surface area contributed by atoms with Crippen LogP contribution in [0.25, 0.3) is 22.4 Å². The first-order valence-electron chi connectivity index (χ1n) is 16.5. The van der Waals surface area contributed by atoms with Crippen LogP contribution in [0.15, 0.2) is 54.9 Å². The number of nitrogens with one attached hydrogen (secondary N) is 2. The van der Waals surface area contributed by atoms with Gasteiger partial charge >= 0.3 is 5.97 Å². The number of nitrogens with zero attached hydrogens (tertiary/aromatic N) is 3. The SMILES string of the molecule is O=C(O)CCc1ccc(NC(=O)C2(NC(=O)c3ccc4c(C5CCCCC5)c5n(c4c3)CCCn3ccnc3-5)CCCC2)cc1. The zero-order valence-electron chi connectivity index (χ0n) is 25.7. The Morgan fingerprint density at radius 2 is 1.71 bits per heavy atom. The van der Waals surface area contributed by atoms with Gasteiger partial charge in [0.1, 0.15) is 5.54 Å². The van der Waals surface area contributed by atoms with Gasteiger partial charge in [0.2, 0.25) is 5.91 Å². The molecular weight excluding hydrogens is 566 g/mol. The first-order valence-corrected chi connectivity index (χ1v) is 16.5. The van der Waals surface area contributed by atoms with Gasteiger partial charge in [0, 0.05) is 54.1 Å². The molecule has 234 valence electrons. The van der Waals surface area contributed by atoms with E-state index in [9.17, 15) is 14.4 Å². The Morgan fingerprint density at radius 1 is 0.933 bits per heavy atom. The lowest BCUT2D eigenvalue weighted by molar-refractivity contribution is -0.137. The number of benzene rings is 2. The van der Waals surface area contributed by atoms with E-state index in [4.69, 9.17) is 10.1 Å². The smallest absolute Gasteiger partial charge is 0.303 e. The predicted molar refractivity (Wildman–Crippen MR) is 173 cm³/mol. The fourth-order valence-electron chi connectivity index (χ4n) is 7.83. The quantitative estimate of drug-likeness (QED) is 0.207.